The van der Waals surface area contributed by atoms with Gasteiger partial charge in [-0.15, -0.1) is 0 Å². The Morgan fingerprint density at radius 3 is 2.28 bits per heavy atom. The van der Waals surface area contributed by atoms with Crippen LogP contribution in [0.25, 0.3) is 0 Å². The standard InChI is InChI=1S/C35H46F2N4O4S/c36-27-4-1-3-26(17-27)35(23-40-21-28(37)22-40,32-5-2-6-33(32)45-34(38)42)25-13-15-39(16-14-25)18-24-19-41(20-24)29-7-9-30(10-8-29)46(43,44)31-11-12-31/h1,3-4,7-10,17,24-25,28,31-33H,2,5-6,11-16,18-23H2,(H2,38,42)/t32-,33-,35-/m0/s1. The minimum atomic E-state index is -3.17. The molecule has 2 N–H and O–H groups in total. The molecular weight excluding hydrogens is 610 g/mol. The molecule has 2 saturated carbocycles. The van der Waals surface area contributed by atoms with Crippen molar-refractivity contribution in [2.24, 2.45) is 23.5 Å². The van der Waals surface area contributed by atoms with Crippen molar-refractivity contribution in [1.29, 1.82) is 0 Å². The Hall–Kier alpha value is -2.76. The summed E-state index contributed by atoms with van der Waals surface area (Å²) < 4.78 is 59.8. The van der Waals surface area contributed by atoms with Crippen molar-refractivity contribution in [2.75, 3.05) is 57.3 Å². The monoisotopic (exact) mass is 656 g/mol. The number of halogens is 2. The Bertz CT molecular complexity index is 1500. The van der Waals surface area contributed by atoms with E-state index in [1.165, 1.54) is 6.07 Å². The van der Waals surface area contributed by atoms with Crippen molar-refractivity contribution in [3.8, 4) is 0 Å². The Morgan fingerprint density at radius 2 is 1.65 bits per heavy atom. The molecule has 11 heteroatoms. The molecule has 7 rings (SSSR count). The van der Waals surface area contributed by atoms with Gasteiger partial charge in [0.1, 0.15) is 18.1 Å². The fourth-order valence-electron chi connectivity index (χ4n) is 8.99. The number of sulfone groups is 1. The molecule has 3 saturated heterocycles. The van der Waals surface area contributed by atoms with Gasteiger partial charge in [-0.2, -0.15) is 0 Å². The zero-order valence-electron chi connectivity index (χ0n) is 26.4. The molecule has 0 aromatic heterocycles. The number of amides is 1. The number of hydrogen-bond acceptors (Lipinski definition) is 7. The molecule has 2 aromatic rings. The number of nitrogens with zero attached hydrogens (tertiary/aromatic N) is 3. The number of benzene rings is 2. The third kappa shape index (κ3) is 6.27. The molecule has 0 bridgehead atoms. The first-order valence-corrected chi connectivity index (χ1v) is 18.6. The van der Waals surface area contributed by atoms with E-state index in [1.54, 1.807) is 24.3 Å². The summed E-state index contributed by atoms with van der Waals surface area (Å²) in [5, 5.41) is -0.198. The number of alkyl halides is 1. The lowest BCUT2D eigenvalue weighted by molar-refractivity contribution is -0.0317. The van der Waals surface area contributed by atoms with Crippen LogP contribution in [0.4, 0.5) is 19.3 Å². The topological polar surface area (TPSA) is 96.2 Å². The molecule has 0 spiro atoms. The van der Waals surface area contributed by atoms with E-state index in [1.807, 2.05) is 18.2 Å². The third-order valence-electron chi connectivity index (χ3n) is 11.4. The smallest absolute Gasteiger partial charge is 0.404 e. The lowest BCUT2D eigenvalue weighted by Gasteiger charge is -2.54. The molecule has 5 aliphatic rings. The molecule has 8 nitrogen and oxygen atoms in total. The highest BCUT2D eigenvalue weighted by Crippen LogP contribution is 2.52. The highest BCUT2D eigenvalue weighted by Gasteiger charge is 2.54. The van der Waals surface area contributed by atoms with Crippen LogP contribution in [0.15, 0.2) is 53.4 Å². The normalized spacial score (nSPS) is 26.8. The summed E-state index contributed by atoms with van der Waals surface area (Å²) in [5.74, 6) is 0.438. The largest absolute Gasteiger partial charge is 0.446 e. The molecule has 2 aromatic carbocycles. The van der Waals surface area contributed by atoms with Gasteiger partial charge in [-0.1, -0.05) is 12.1 Å². The average molecular weight is 657 g/mol. The lowest BCUT2D eigenvalue weighted by atomic mass is 9.58. The molecule has 3 heterocycles. The third-order valence-corrected chi connectivity index (χ3v) is 13.7. The average Bonchev–Trinajstić information content (AvgIpc) is 3.77. The van der Waals surface area contributed by atoms with Crippen molar-refractivity contribution in [2.45, 2.75) is 72.8 Å². The quantitative estimate of drug-likeness (QED) is 0.373. The molecule has 1 amide bonds. The number of nitrogens with two attached hydrogens (primary N) is 1. The van der Waals surface area contributed by atoms with E-state index in [0.717, 1.165) is 88.9 Å². The fourth-order valence-corrected chi connectivity index (χ4v) is 10.6. The SMILES string of the molecule is NC(=O)O[C@H]1CCC[C@@H]1[C@](CN1CC(F)C1)(c1cccc(F)c1)C1CCN(CC2CN(c3ccc(S(=O)(=O)C4CC4)cc3)C2)CC1. The maximum atomic E-state index is 14.8. The number of carbonyl (C=O) groups excluding carboxylic acids is 1. The van der Waals surface area contributed by atoms with E-state index >= 15 is 0 Å². The zero-order valence-corrected chi connectivity index (χ0v) is 27.2. The van der Waals surface area contributed by atoms with Crippen molar-refractivity contribution < 1.29 is 26.7 Å². The summed E-state index contributed by atoms with van der Waals surface area (Å²) in [6, 6.07) is 14.3. The Balaban J connectivity index is 1.03. The van der Waals surface area contributed by atoms with Crippen LogP contribution in [-0.2, 0) is 20.0 Å². The molecule has 0 radical (unpaired) electrons. The maximum Gasteiger partial charge on any atom is 0.404 e. The fraction of sp³-hybridized carbons (Fsp3) is 0.629. The maximum absolute atomic E-state index is 14.8. The van der Waals surface area contributed by atoms with Gasteiger partial charge in [0.05, 0.1) is 10.1 Å². The van der Waals surface area contributed by atoms with Crippen LogP contribution < -0.4 is 10.6 Å². The summed E-state index contributed by atoms with van der Waals surface area (Å²) in [6.07, 6.45) is 3.91. The summed E-state index contributed by atoms with van der Waals surface area (Å²) in [6.45, 7) is 6.09. The number of rotatable bonds is 11. The molecular formula is C35H46F2N4O4S. The summed E-state index contributed by atoms with van der Waals surface area (Å²) in [5.41, 5.74) is 7.02. The highest BCUT2D eigenvalue weighted by molar-refractivity contribution is 7.92. The van der Waals surface area contributed by atoms with E-state index in [-0.39, 0.29) is 29.0 Å². The summed E-state index contributed by atoms with van der Waals surface area (Å²) in [7, 11) is -3.17. The van der Waals surface area contributed by atoms with E-state index in [9.17, 15) is 22.0 Å². The van der Waals surface area contributed by atoms with Crippen molar-refractivity contribution >= 4 is 21.6 Å². The van der Waals surface area contributed by atoms with Crippen LogP contribution in [0.3, 0.4) is 0 Å². The predicted octanol–water partition coefficient (Wildman–Crippen LogP) is 4.77. The predicted molar refractivity (Wildman–Crippen MR) is 173 cm³/mol. The van der Waals surface area contributed by atoms with Gasteiger partial charge >= 0.3 is 6.09 Å². The molecule has 250 valence electrons. The van der Waals surface area contributed by atoms with Gasteiger partial charge < -0.3 is 20.3 Å². The second kappa shape index (κ2) is 12.7. The first-order chi connectivity index (χ1) is 22.1. The second-order valence-electron chi connectivity index (χ2n) is 14.4. The number of hydrogen-bond donors (Lipinski definition) is 1. The highest BCUT2D eigenvalue weighted by atomic mass is 32.2. The van der Waals surface area contributed by atoms with Crippen LogP contribution in [-0.4, -0.2) is 94.2 Å². The minimum Gasteiger partial charge on any atom is -0.446 e. The molecule has 3 aliphatic heterocycles. The molecule has 5 fully saturated rings. The van der Waals surface area contributed by atoms with Crippen molar-refractivity contribution in [1.82, 2.24) is 9.80 Å². The number of primary amides is 1. The number of likely N-dealkylation sites (tertiary alicyclic amines) is 2. The lowest BCUT2D eigenvalue weighted by Crippen LogP contribution is -2.61. The van der Waals surface area contributed by atoms with E-state index in [0.29, 0.717) is 30.4 Å². The van der Waals surface area contributed by atoms with Crippen LogP contribution in [0.2, 0.25) is 0 Å². The first-order valence-electron chi connectivity index (χ1n) is 17.0. The minimum absolute atomic E-state index is 0.0251. The van der Waals surface area contributed by atoms with Gasteiger partial charge in [0.15, 0.2) is 9.84 Å². The number of anilines is 1. The van der Waals surface area contributed by atoms with E-state index < -0.39 is 27.5 Å². The van der Waals surface area contributed by atoms with Crippen LogP contribution >= 0.6 is 0 Å². The number of ether oxygens (including phenoxy) is 1. The Labute approximate surface area is 271 Å². The van der Waals surface area contributed by atoms with Gasteiger partial charge in [-0.25, -0.2) is 22.0 Å². The Morgan fingerprint density at radius 1 is 0.935 bits per heavy atom. The van der Waals surface area contributed by atoms with Gasteiger partial charge in [0.2, 0.25) is 0 Å². The Kier molecular flexibility index (Phi) is 8.78. The molecule has 2 aliphatic carbocycles. The van der Waals surface area contributed by atoms with Gasteiger partial charge in [0, 0.05) is 62.2 Å². The second-order valence-corrected chi connectivity index (χ2v) is 16.7. The van der Waals surface area contributed by atoms with Crippen molar-refractivity contribution in [3.05, 3.63) is 59.9 Å². The van der Waals surface area contributed by atoms with Gasteiger partial charge in [-0.05, 0) is 106 Å². The van der Waals surface area contributed by atoms with Gasteiger partial charge in [-0.3, -0.25) is 4.90 Å². The van der Waals surface area contributed by atoms with Gasteiger partial charge in [0.25, 0.3) is 0 Å². The number of carbonyl (C=O) groups is 1. The summed E-state index contributed by atoms with van der Waals surface area (Å²) in [4.78, 5) is 19.4. The van der Waals surface area contributed by atoms with Crippen LogP contribution in [0.1, 0.15) is 50.5 Å². The summed E-state index contributed by atoms with van der Waals surface area (Å²) >= 11 is 0. The van der Waals surface area contributed by atoms with E-state index in [4.69, 9.17) is 10.5 Å². The molecule has 0 unspecified atom stereocenters. The molecule has 46 heavy (non-hydrogen) atoms. The van der Waals surface area contributed by atoms with Crippen LogP contribution in [0, 0.1) is 23.6 Å². The van der Waals surface area contributed by atoms with Crippen LogP contribution in [0.5, 0.6) is 0 Å². The number of piperidine rings is 1. The first kappa shape index (κ1) is 31.8. The zero-order chi connectivity index (χ0) is 32.1. The van der Waals surface area contributed by atoms with Crippen molar-refractivity contribution in [3.63, 3.8) is 0 Å². The molecule has 3 atom stereocenters. The van der Waals surface area contributed by atoms with E-state index in [2.05, 4.69) is 14.7 Å².